The van der Waals surface area contributed by atoms with Gasteiger partial charge in [-0.25, -0.2) is 4.98 Å². The topological polar surface area (TPSA) is 111 Å². The average Bonchev–Trinajstić information content (AvgIpc) is 2.92. The number of nitro benzene ring substituents is 1. The third-order valence-corrected chi connectivity index (χ3v) is 2.88. The number of carboxylic acids is 1. The number of nitrogens with zero attached hydrogens (tertiary/aromatic N) is 4. The van der Waals surface area contributed by atoms with Crippen LogP contribution in [-0.4, -0.2) is 30.8 Å². The Morgan fingerprint density at radius 3 is 2.90 bits per heavy atom. The van der Waals surface area contributed by atoms with E-state index in [0.717, 1.165) is 0 Å². The second kappa shape index (κ2) is 6.60. The molecule has 0 saturated heterocycles. The fourth-order valence-corrected chi connectivity index (χ4v) is 1.84. The Balaban J connectivity index is 2.01. The quantitative estimate of drug-likeness (QED) is 0.475. The van der Waals surface area contributed by atoms with Gasteiger partial charge < -0.3 is 5.11 Å². The Labute approximate surface area is 120 Å². The maximum absolute atomic E-state index is 10.7. The lowest BCUT2D eigenvalue weighted by molar-refractivity contribution is -0.384. The highest BCUT2D eigenvalue weighted by atomic mass is 16.6. The molecule has 0 spiro atoms. The van der Waals surface area contributed by atoms with E-state index in [0.29, 0.717) is 30.8 Å². The molecule has 0 aliphatic rings. The van der Waals surface area contributed by atoms with Gasteiger partial charge in [-0.05, 0) is 12.8 Å². The third-order valence-electron chi connectivity index (χ3n) is 2.88. The summed E-state index contributed by atoms with van der Waals surface area (Å²) in [4.78, 5) is 24.8. The minimum Gasteiger partial charge on any atom is -0.481 e. The molecule has 0 saturated carbocycles. The van der Waals surface area contributed by atoms with E-state index < -0.39 is 10.9 Å². The van der Waals surface area contributed by atoms with Gasteiger partial charge in [-0.15, -0.1) is 0 Å². The first kappa shape index (κ1) is 14.6. The predicted octanol–water partition coefficient (Wildman–Crippen LogP) is 2.11. The maximum Gasteiger partial charge on any atom is 0.303 e. The van der Waals surface area contributed by atoms with Crippen molar-refractivity contribution in [2.24, 2.45) is 0 Å². The number of carboxylic acid groups (broad SMARTS) is 1. The number of hydrogen-bond acceptors (Lipinski definition) is 5. The summed E-state index contributed by atoms with van der Waals surface area (Å²) >= 11 is 0. The van der Waals surface area contributed by atoms with Gasteiger partial charge in [0.2, 0.25) is 0 Å². The summed E-state index contributed by atoms with van der Waals surface area (Å²) in [6.07, 6.45) is 2.92. The molecule has 1 aromatic carbocycles. The van der Waals surface area contributed by atoms with Gasteiger partial charge in [0.15, 0.2) is 5.82 Å². The molecule has 0 bridgehead atoms. The van der Waals surface area contributed by atoms with Gasteiger partial charge in [0.25, 0.3) is 5.69 Å². The molecular weight excluding hydrogens is 276 g/mol. The molecule has 0 atom stereocenters. The van der Waals surface area contributed by atoms with Crippen LogP contribution < -0.4 is 0 Å². The number of aromatic nitrogens is 3. The molecule has 2 rings (SSSR count). The molecule has 1 N–H and O–H groups in total. The molecule has 1 heterocycles. The molecular formula is C13H14N4O4. The van der Waals surface area contributed by atoms with E-state index in [-0.39, 0.29) is 12.1 Å². The standard InChI is InChI=1S/C13H14N4O4/c18-12(19)6-1-2-7-16-9-14-13(15-16)10-4-3-5-11(8-10)17(20)21/h3-5,8-9H,1-2,6-7H2,(H,18,19). The number of rotatable bonds is 7. The number of aliphatic carboxylic acids is 1. The van der Waals surface area contributed by atoms with Crippen molar-refractivity contribution >= 4 is 11.7 Å². The van der Waals surface area contributed by atoms with Crippen LogP contribution in [-0.2, 0) is 11.3 Å². The van der Waals surface area contributed by atoms with Gasteiger partial charge in [0, 0.05) is 30.7 Å². The lowest BCUT2D eigenvalue weighted by atomic mass is 10.2. The summed E-state index contributed by atoms with van der Waals surface area (Å²) in [6.45, 7) is 0.565. The molecule has 21 heavy (non-hydrogen) atoms. The summed E-state index contributed by atoms with van der Waals surface area (Å²) < 4.78 is 1.61. The first-order chi connectivity index (χ1) is 10.1. The fraction of sp³-hybridized carbons (Fsp3) is 0.308. The van der Waals surface area contributed by atoms with Crippen molar-refractivity contribution in [3.63, 3.8) is 0 Å². The molecule has 8 heteroatoms. The van der Waals surface area contributed by atoms with Crippen LogP contribution in [0.25, 0.3) is 11.4 Å². The van der Waals surface area contributed by atoms with Crippen LogP contribution in [0.4, 0.5) is 5.69 Å². The van der Waals surface area contributed by atoms with E-state index in [1.165, 1.54) is 18.5 Å². The summed E-state index contributed by atoms with van der Waals surface area (Å²) in [5.74, 6) is -0.400. The Morgan fingerprint density at radius 1 is 1.38 bits per heavy atom. The molecule has 1 aromatic heterocycles. The van der Waals surface area contributed by atoms with Crippen molar-refractivity contribution in [3.8, 4) is 11.4 Å². The van der Waals surface area contributed by atoms with Gasteiger partial charge >= 0.3 is 5.97 Å². The van der Waals surface area contributed by atoms with Crippen LogP contribution >= 0.6 is 0 Å². The van der Waals surface area contributed by atoms with Gasteiger partial charge in [-0.1, -0.05) is 12.1 Å². The van der Waals surface area contributed by atoms with E-state index in [9.17, 15) is 14.9 Å². The summed E-state index contributed by atoms with van der Waals surface area (Å²) in [5, 5.41) is 23.5. The van der Waals surface area contributed by atoms with Crippen molar-refractivity contribution in [1.29, 1.82) is 0 Å². The number of aryl methyl sites for hydroxylation is 1. The monoisotopic (exact) mass is 290 g/mol. The molecule has 0 unspecified atom stereocenters. The number of non-ortho nitro benzene ring substituents is 1. The predicted molar refractivity (Wildman–Crippen MR) is 73.6 cm³/mol. The highest BCUT2D eigenvalue weighted by Crippen LogP contribution is 2.20. The van der Waals surface area contributed by atoms with Crippen LogP contribution in [0.3, 0.4) is 0 Å². The SMILES string of the molecule is O=C(O)CCCCn1cnc(-c2cccc([N+](=O)[O-])c2)n1. The van der Waals surface area contributed by atoms with Crippen LogP contribution in [0.1, 0.15) is 19.3 Å². The van der Waals surface area contributed by atoms with Crippen LogP contribution in [0.2, 0.25) is 0 Å². The average molecular weight is 290 g/mol. The molecule has 0 fully saturated rings. The number of carbonyl (C=O) groups is 1. The second-order valence-electron chi connectivity index (χ2n) is 4.49. The molecule has 0 aliphatic heterocycles. The van der Waals surface area contributed by atoms with Crippen LogP contribution in [0, 0.1) is 10.1 Å². The van der Waals surface area contributed by atoms with Gasteiger partial charge in [0.05, 0.1) is 4.92 Å². The summed E-state index contributed by atoms with van der Waals surface area (Å²) in [6, 6.07) is 6.12. The first-order valence-corrected chi connectivity index (χ1v) is 6.42. The van der Waals surface area contributed by atoms with Crippen molar-refractivity contribution in [1.82, 2.24) is 14.8 Å². The zero-order valence-electron chi connectivity index (χ0n) is 11.2. The molecule has 0 aliphatic carbocycles. The van der Waals surface area contributed by atoms with Crippen LogP contribution in [0.15, 0.2) is 30.6 Å². The van der Waals surface area contributed by atoms with Crippen LogP contribution in [0.5, 0.6) is 0 Å². The summed E-state index contributed by atoms with van der Waals surface area (Å²) in [7, 11) is 0. The molecule has 0 amide bonds. The molecule has 0 radical (unpaired) electrons. The van der Waals surface area contributed by atoms with Gasteiger partial charge in [-0.2, -0.15) is 5.10 Å². The van der Waals surface area contributed by atoms with Crippen molar-refractivity contribution < 1.29 is 14.8 Å². The molecule has 8 nitrogen and oxygen atoms in total. The Morgan fingerprint density at radius 2 is 2.19 bits per heavy atom. The number of hydrogen-bond donors (Lipinski definition) is 1. The minimum absolute atomic E-state index is 0.00897. The third kappa shape index (κ3) is 4.10. The fourth-order valence-electron chi connectivity index (χ4n) is 1.84. The lowest BCUT2D eigenvalue weighted by Crippen LogP contribution is -2.01. The Hall–Kier alpha value is -2.77. The second-order valence-corrected chi connectivity index (χ2v) is 4.49. The van der Waals surface area contributed by atoms with E-state index in [1.807, 2.05) is 0 Å². The van der Waals surface area contributed by atoms with E-state index in [1.54, 1.807) is 16.8 Å². The highest BCUT2D eigenvalue weighted by molar-refractivity contribution is 5.66. The highest BCUT2D eigenvalue weighted by Gasteiger charge is 2.10. The number of nitro groups is 1. The van der Waals surface area contributed by atoms with Crippen molar-refractivity contribution in [3.05, 3.63) is 40.7 Å². The zero-order chi connectivity index (χ0) is 15.2. The number of benzene rings is 1. The van der Waals surface area contributed by atoms with Gasteiger partial charge in [-0.3, -0.25) is 19.6 Å². The van der Waals surface area contributed by atoms with E-state index >= 15 is 0 Å². The normalized spacial score (nSPS) is 10.5. The Kier molecular flexibility index (Phi) is 4.60. The maximum atomic E-state index is 10.7. The van der Waals surface area contributed by atoms with Gasteiger partial charge in [0.1, 0.15) is 6.33 Å². The number of unbranched alkanes of at least 4 members (excludes halogenated alkanes) is 1. The molecule has 110 valence electrons. The molecule has 2 aromatic rings. The van der Waals surface area contributed by atoms with Crippen molar-refractivity contribution in [2.45, 2.75) is 25.8 Å². The minimum atomic E-state index is -0.814. The smallest absolute Gasteiger partial charge is 0.303 e. The first-order valence-electron chi connectivity index (χ1n) is 6.42. The lowest BCUT2D eigenvalue weighted by Gasteiger charge is -1.99. The van der Waals surface area contributed by atoms with Crippen molar-refractivity contribution in [2.75, 3.05) is 0 Å². The Bertz CT molecular complexity index is 653. The largest absolute Gasteiger partial charge is 0.481 e. The van der Waals surface area contributed by atoms with E-state index in [4.69, 9.17) is 5.11 Å². The van der Waals surface area contributed by atoms with E-state index in [2.05, 4.69) is 10.1 Å². The zero-order valence-corrected chi connectivity index (χ0v) is 11.2. The summed E-state index contributed by atoms with van der Waals surface area (Å²) in [5.41, 5.74) is 0.568.